The van der Waals surface area contributed by atoms with Crippen molar-refractivity contribution < 1.29 is 18.6 Å². The number of anilines is 1. The smallest absolute Gasteiger partial charge is 0.246 e. The van der Waals surface area contributed by atoms with Crippen molar-refractivity contribution in [1.82, 2.24) is 9.97 Å². The van der Waals surface area contributed by atoms with Crippen molar-refractivity contribution in [3.63, 3.8) is 0 Å². The predicted octanol–water partition coefficient (Wildman–Crippen LogP) is 3.67. The Morgan fingerprint density at radius 1 is 0.920 bits per heavy atom. The summed E-state index contributed by atoms with van der Waals surface area (Å²) in [7, 11) is 2.94. The lowest BCUT2D eigenvalue weighted by Crippen LogP contribution is -2.01. The zero-order valence-electron chi connectivity index (χ0n) is 13.7. The fourth-order valence-corrected chi connectivity index (χ4v) is 2.31. The quantitative estimate of drug-likeness (QED) is 0.763. The molecule has 3 aromatic rings. The van der Waals surface area contributed by atoms with Crippen LogP contribution in [0.1, 0.15) is 0 Å². The van der Waals surface area contributed by atoms with Gasteiger partial charge in [0.2, 0.25) is 5.88 Å². The molecular weight excluding hydrogens is 325 g/mol. The van der Waals surface area contributed by atoms with Gasteiger partial charge in [-0.3, -0.25) is 0 Å². The summed E-state index contributed by atoms with van der Waals surface area (Å²) < 4.78 is 29.9. The van der Waals surface area contributed by atoms with Crippen LogP contribution in [0, 0.1) is 5.82 Å². The van der Waals surface area contributed by atoms with Gasteiger partial charge in [0.1, 0.15) is 17.7 Å². The second kappa shape index (κ2) is 7.04. The van der Waals surface area contributed by atoms with Crippen molar-refractivity contribution in [2.45, 2.75) is 0 Å². The van der Waals surface area contributed by atoms with Gasteiger partial charge in [-0.2, -0.15) is 4.98 Å². The first kappa shape index (κ1) is 16.5. The fourth-order valence-electron chi connectivity index (χ4n) is 2.31. The highest BCUT2D eigenvalue weighted by Crippen LogP contribution is 2.36. The highest BCUT2D eigenvalue weighted by atomic mass is 19.1. The summed E-state index contributed by atoms with van der Waals surface area (Å²) in [5.41, 5.74) is 7.17. The largest absolute Gasteiger partial charge is 0.494 e. The summed E-state index contributed by atoms with van der Waals surface area (Å²) in [4.78, 5) is 8.19. The first-order chi connectivity index (χ1) is 12.1. The molecule has 0 unspecified atom stereocenters. The molecule has 0 saturated carbocycles. The Labute approximate surface area is 144 Å². The molecule has 0 atom stereocenters. The Bertz CT molecular complexity index is 902. The van der Waals surface area contributed by atoms with E-state index in [1.807, 2.05) is 6.07 Å². The van der Waals surface area contributed by atoms with Crippen molar-refractivity contribution in [2.24, 2.45) is 0 Å². The molecule has 2 aromatic carbocycles. The van der Waals surface area contributed by atoms with Crippen LogP contribution in [0.2, 0.25) is 0 Å². The molecule has 0 fully saturated rings. The molecule has 2 N–H and O–H groups in total. The van der Waals surface area contributed by atoms with Gasteiger partial charge < -0.3 is 19.9 Å². The zero-order valence-corrected chi connectivity index (χ0v) is 13.7. The molecule has 1 heterocycles. The number of benzene rings is 2. The zero-order chi connectivity index (χ0) is 17.8. The normalized spacial score (nSPS) is 10.4. The van der Waals surface area contributed by atoms with Crippen molar-refractivity contribution in [1.29, 1.82) is 0 Å². The molecule has 128 valence electrons. The number of rotatable bonds is 5. The SMILES string of the molecule is COc1ccc(-c2ncnc(Oc3ccccc3OC)c2N)cc1F. The summed E-state index contributed by atoms with van der Waals surface area (Å²) in [6, 6.07) is 11.6. The minimum absolute atomic E-state index is 0.141. The monoisotopic (exact) mass is 341 g/mol. The van der Waals surface area contributed by atoms with E-state index in [-0.39, 0.29) is 17.3 Å². The van der Waals surface area contributed by atoms with Crippen molar-refractivity contribution in [3.8, 4) is 34.4 Å². The van der Waals surface area contributed by atoms with Gasteiger partial charge in [0.25, 0.3) is 0 Å². The first-order valence-electron chi connectivity index (χ1n) is 7.39. The Morgan fingerprint density at radius 2 is 1.64 bits per heavy atom. The minimum atomic E-state index is -0.509. The third-order valence-corrected chi connectivity index (χ3v) is 3.55. The molecule has 0 bridgehead atoms. The molecule has 25 heavy (non-hydrogen) atoms. The molecule has 0 aliphatic rings. The van der Waals surface area contributed by atoms with Gasteiger partial charge in [-0.05, 0) is 30.3 Å². The van der Waals surface area contributed by atoms with E-state index in [0.29, 0.717) is 22.8 Å². The number of halogens is 1. The molecule has 0 aliphatic carbocycles. The lowest BCUT2D eigenvalue weighted by atomic mass is 10.1. The van der Waals surface area contributed by atoms with Gasteiger partial charge >= 0.3 is 0 Å². The summed E-state index contributed by atoms with van der Waals surface area (Å²) in [6.45, 7) is 0. The molecule has 3 rings (SSSR count). The molecule has 0 aliphatic heterocycles. The van der Waals surface area contributed by atoms with Crippen LogP contribution in [-0.2, 0) is 0 Å². The van der Waals surface area contributed by atoms with Crippen LogP contribution in [0.3, 0.4) is 0 Å². The van der Waals surface area contributed by atoms with E-state index in [1.54, 1.807) is 24.3 Å². The van der Waals surface area contributed by atoms with E-state index >= 15 is 0 Å². The van der Waals surface area contributed by atoms with Crippen LogP contribution in [0.5, 0.6) is 23.1 Å². The second-order valence-corrected chi connectivity index (χ2v) is 5.04. The topological polar surface area (TPSA) is 79.5 Å². The number of aromatic nitrogens is 2. The van der Waals surface area contributed by atoms with Gasteiger partial charge in [0.15, 0.2) is 23.1 Å². The number of nitrogen functional groups attached to an aromatic ring is 1. The maximum Gasteiger partial charge on any atom is 0.246 e. The molecule has 0 radical (unpaired) electrons. The summed E-state index contributed by atoms with van der Waals surface area (Å²) in [5.74, 6) is 0.789. The first-order valence-corrected chi connectivity index (χ1v) is 7.39. The molecule has 1 aromatic heterocycles. The van der Waals surface area contributed by atoms with Crippen molar-refractivity contribution >= 4 is 5.69 Å². The van der Waals surface area contributed by atoms with Crippen molar-refractivity contribution in [2.75, 3.05) is 20.0 Å². The van der Waals surface area contributed by atoms with Gasteiger partial charge in [0, 0.05) is 5.56 Å². The third kappa shape index (κ3) is 3.30. The van der Waals surface area contributed by atoms with Gasteiger partial charge in [-0.1, -0.05) is 12.1 Å². The Hall–Kier alpha value is -3.35. The van der Waals surface area contributed by atoms with Crippen LogP contribution < -0.4 is 19.9 Å². The van der Waals surface area contributed by atoms with E-state index in [0.717, 1.165) is 0 Å². The average Bonchev–Trinajstić information content (AvgIpc) is 2.64. The number of nitrogens with two attached hydrogens (primary N) is 1. The Morgan fingerprint density at radius 3 is 2.32 bits per heavy atom. The maximum absolute atomic E-state index is 14.0. The molecule has 0 saturated heterocycles. The number of methoxy groups -OCH3 is 2. The number of nitrogens with zero attached hydrogens (tertiary/aromatic N) is 2. The number of hydrogen-bond donors (Lipinski definition) is 1. The fraction of sp³-hybridized carbons (Fsp3) is 0.111. The molecule has 0 spiro atoms. The third-order valence-electron chi connectivity index (χ3n) is 3.55. The highest BCUT2D eigenvalue weighted by molar-refractivity contribution is 5.76. The van der Waals surface area contributed by atoms with E-state index in [9.17, 15) is 4.39 Å². The van der Waals surface area contributed by atoms with Gasteiger partial charge in [0.05, 0.1) is 14.2 Å². The second-order valence-electron chi connectivity index (χ2n) is 5.04. The van der Waals surface area contributed by atoms with Gasteiger partial charge in [-0.25, -0.2) is 9.37 Å². The van der Waals surface area contributed by atoms with E-state index in [2.05, 4.69) is 9.97 Å². The Balaban J connectivity index is 1.99. The molecule has 7 heteroatoms. The average molecular weight is 341 g/mol. The minimum Gasteiger partial charge on any atom is -0.494 e. The molecule has 0 amide bonds. The van der Waals surface area contributed by atoms with E-state index in [4.69, 9.17) is 19.9 Å². The summed E-state index contributed by atoms with van der Waals surface area (Å²) in [5, 5.41) is 0. The van der Waals surface area contributed by atoms with Crippen LogP contribution in [0.25, 0.3) is 11.3 Å². The van der Waals surface area contributed by atoms with Crippen LogP contribution >= 0.6 is 0 Å². The van der Waals surface area contributed by atoms with Crippen LogP contribution in [-0.4, -0.2) is 24.2 Å². The summed E-state index contributed by atoms with van der Waals surface area (Å²) >= 11 is 0. The highest BCUT2D eigenvalue weighted by Gasteiger charge is 2.15. The number of hydrogen-bond acceptors (Lipinski definition) is 6. The maximum atomic E-state index is 14.0. The van der Waals surface area contributed by atoms with Crippen LogP contribution in [0.4, 0.5) is 10.1 Å². The van der Waals surface area contributed by atoms with Crippen molar-refractivity contribution in [3.05, 3.63) is 54.6 Å². The predicted molar refractivity (Wildman–Crippen MR) is 91.5 cm³/mol. The Kier molecular flexibility index (Phi) is 4.65. The lowest BCUT2D eigenvalue weighted by Gasteiger charge is -2.13. The molecule has 6 nitrogen and oxygen atoms in total. The van der Waals surface area contributed by atoms with Gasteiger partial charge in [-0.15, -0.1) is 0 Å². The standard InChI is InChI=1S/C18H16FN3O3/c1-23-13-8-7-11(9-12(13)19)17-16(20)18(22-10-21-17)25-15-6-4-3-5-14(15)24-2/h3-10H,20H2,1-2H3. The van der Waals surface area contributed by atoms with Crippen LogP contribution in [0.15, 0.2) is 48.8 Å². The molecular formula is C18H16FN3O3. The van der Waals surface area contributed by atoms with E-state index in [1.165, 1.54) is 32.7 Å². The lowest BCUT2D eigenvalue weighted by molar-refractivity contribution is 0.374. The number of ether oxygens (including phenoxy) is 3. The number of para-hydroxylation sites is 2. The summed E-state index contributed by atoms with van der Waals surface area (Å²) in [6.07, 6.45) is 1.30. The van der Waals surface area contributed by atoms with E-state index < -0.39 is 5.82 Å².